The Balaban J connectivity index is 2.35. The van der Waals surface area contributed by atoms with Gasteiger partial charge < -0.3 is 10.1 Å². The molecule has 0 aromatic heterocycles. The summed E-state index contributed by atoms with van der Waals surface area (Å²) in [5.74, 6) is -6.10. The van der Waals surface area contributed by atoms with E-state index in [4.69, 9.17) is 0 Å². The molecule has 1 aromatic carbocycles. The minimum absolute atomic E-state index is 0.146. The van der Waals surface area contributed by atoms with Gasteiger partial charge in [-0.3, -0.25) is 4.79 Å². The molecule has 0 aliphatic heterocycles. The molecule has 0 spiro atoms. The highest BCUT2D eigenvalue weighted by molar-refractivity contribution is 6.24. The van der Waals surface area contributed by atoms with Gasteiger partial charge in [0.1, 0.15) is 11.4 Å². The molecule has 1 saturated carbocycles. The number of Topliss-reactive ketones (excluding diaryl/α,β-unsaturated/α-hetero) is 1. The summed E-state index contributed by atoms with van der Waals surface area (Å²) in [5, 5.41) is 2.79. The van der Waals surface area contributed by atoms with Crippen LogP contribution in [-0.2, 0) is 9.53 Å². The normalized spacial score (nSPS) is 14.8. The van der Waals surface area contributed by atoms with Crippen LogP contribution in [0.4, 0.5) is 13.2 Å². The minimum Gasteiger partial charge on any atom is -0.465 e. The zero-order valence-corrected chi connectivity index (χ0v) is 11.1. The van der Waals surface area contributed by atoms with Crippen molar-refractivity contribution >= 4 is 11.8 Å². The monoisotopic (exact) mass is 299 g/mol. The second-order valence-corrected chi connectivity index (χ2v) is 4.57. The van der Waals surface area contributed by atoms with Crippen LogP contribution in [0.25, 0.3) is 0 Å². The summed E-state index contributed by atoms with van der Waals surface area (Å²) < 4.78 is 44.0. The minimum atomic E-state index is -1.41. The largest absolute Gasteiger partial charge is 0.465 e. The first-order valence-corrected chi connectivity index (χ1v) is 6.17. The van der Waals surface area contributed by atoms with Crippen molar-refractivity contribution in [1.29, 1.82) is 0 Å². The number of ether oxygens (including phenoxy) is 1. The lowest BCUT2D eigenvalue weighted by molar-refractivity contribution is -0.135. The Morgan fingerprint density at radius 2 is 1.81 bits per heavy atom. The summed E-state index contributed by atoms with van der Waals surface area (Å²) >= 11 is 0. The van der Waals surface area contributed by atoms with Gasteiger partial charge in [0.05, 0.1) is 12.7 Å². The van der Waals surface area contributed by atoms with Crippen LogP contribution in [0.5, 0.6) is 0 Å². The molecule has 1 fully saturated rings. The van der Waals surface area contributed by atoms with Gasteiger partial charge in [0, 0.05) is 18.3 Å². The first kappa shape index (κ1) is 15.1. The molecule has 0 heterocycles. The molecule has 0 unspecified atom stereocenters. The summed E-state index contributed by atoms with van der Waals surface area (Å²) in [7, 11) is 1.06. The number of ketones is 1. The number of esters is 1. The van der Waals surface area contributed by atoms with Gasteiger partial charge in [-0.1, -0.05) is 0 Å². The second-order valence-electron chi connectivity index (χ2n) is 4.57. The Morgan fingerprint density at radius 3 is 2.38 bits per heavy atom. The van der Waals surface area contributed by atoms with E-state index in [1.54, 1.807) is 0 Å². The van der Waals surface area contributed by atoms with Crippen LogP contribution in [0.3, 0.4) is 0 Å². The van der Waals surface area contributed by atoms with Crippen LogP contribution >= 0.6 is 0 Å². The number of hydrogen-bond acceptors (Lipinski definition) is 4. The maximum atomic E-state index is 13.6. The number of hydrogen-bond donors (Lipinski definition) is 1. The number of rotatable bonds is 5. The van der Waals surface area contributed by atoms with E-state index in [-0.39, 0.29) is 12.1 Å². The summed E-state index contributed by atoms with van der Waals surface area (Å²) in [6.45, 7) is 0. The molecule has 0 amide bonds. The third-order valence-electron chi connectivity index (χ3n) is 2.95. The fourth-order valence-corrected chi connectivity index (χ4v) is 1.62. The molecule has 0 radical (unpaired) electrons. The van der Waals surface area contributed by atoms with Gasteiger partial charge in [-0.2, -0.15) is 0 Å². The number of halogens is 3. The van der Waals surface area contributed by atoms with Crippen molar-refractivity contribution in [3.63, 3.8) is 0 Å². The molecule has 0 atom stereocenters. The Labute approximate surface area is 118 Å². The standard InChI is InChI=1S/C14H12F3NO3/c1-21-14(20)9(6-18-7-2-3-7)13(19)8-4-11(16)12(17)5-10(8)15/h4-7,18H,2-3H2,1H3/b9-6+. The maximum absolute atomic E-state index is 13.6. The van der Waals surface area contributed by atoms with E-state index in [1.165, 1.54) is 0 Å². The van der Waals surface area contributed by atoms with E-state index in [9.17, 15) is 22.8 Å². The summed E-state index contributed by atoms with van der Waals surface area (Å²) in [6, 6.07) is 0.819. The van der Waals surface area contributed by atoms with Gasteiger partial charge in [0.15, 0.2) is 11.6 Å². The molecule has 0 bridgehead atoms. The molecule has 4 nitrogen and oxygen atoms in total. The SMILES string of the molecule is COC(=O)/C(=C/NC1CC1)C(=O)c1cc(F)c(F)cc1F. The zero-order chi connectivity index (χ0) is 15.6. The maximum Gasteiger partial charge on any atom is 0.343 e. The molecule has 1 N–H and O–H groups in total. The molecular weight excluding hydrogens is 287 g/mol. The Hall–Kier alpha value is -2.31. The zero-order valence-electron chi connectivity index (χ0n) is 11.1. The first-order valence-electron chi connectivity index (χ1n) is 6.17. The fraction of sp³-hybridized carbons (Fsp3) is 0.286. The van der Waals surface area contributed by atoms with Crippen LogP contribution < -0.4 is 5.32 Å². The van der Waals surface area contributed by atoms with E-state index in [2.05, 4.69) is 10.1 Å². The van der Waals surface area contributed by atoms with Crippen molar-refractivity contribution in [2.45, 2.75) is 18.9 Å². The van der Waals surface area contributed by atoms with Crippen molar-refractivity contribution < 1.29 is 27.5 Å². The average molecular weight is 299 g/mol. The number of benzene rings is 1. The highest BCUT2D eigenvalue weighted by Crippen LogP contribution is 2.21. The lowest BCUT2D eigenvalue weighted by Gasteiger charge is -2.07. The van der Waals surface area contributed by atoms with Gasteiger partial charge in [0.2, 0.25) is 5.78 Å². The molecular formula is C14H12F3NO3. The summed E-state index contributed by atoms with van der Waals surface area (Å²) in [6.07, 6.45) is 2.89. The van der Waals surface area contributed by atoms with E-state index < -0.39 is 40.3 Å². The third kappa shape index (κ3) is 3.42. The predicted octanol–water partition coefficient (Wildman–Crippen LogP) is 2.10. The lowest BCUT2D eigenvalue weighted by atomic mass is 10.0. The Kier molecular flexibility index (Phi) is 4.30. The number of carbonyl (C=O) groups is 2. The van der Waals surface area contributed by atoms with Crippen LogP contribution in [0, 0.1) is 17.5 Å². The predicted molar refractivity (Wildman–Crippen MR) is 66.9 cm³/mol. The van der Waals surface area contributed by atoms with Crippen LogP contribution in [0.1, 0.15) is 23.2 Å². The third-order valence-corrected chi connectivity index (χ3v) is 2.95. The quantitative estimate of drug-likeness (QED) is 0.226. The van der Waals surface area contributed by atoms with Gasteiger partial charge in [-0.15, -0.1) is 0 Å². The first-order chi connectivity index (χ1) is 9.93. The Bertz CT molecular complexity index is 624. The lowest BCUT2D eigenvalue weighted by Crippen LogP contribution is -2.20. The highest BCUT2D eigenvalue weighted by atomic mass is 19.2. The topological polar surface area (TPSA) is 55.4 Å². The highest BCUT2D eigenvalue weighted by Gasteiger charge is 2.26. The number of nitrogens with one attached hydrogen (secondary N) is 1. The van der Waals surface area contributed by atoms with Gasteiger partial charge in [-0.05, 0) is 18.9 Å². The summed E-state index contributed by atoms with van der Waals surface area (Å²) in [4.78, 5) is 23.7. The van der Waals surface area contributed by atoms with Crippen molar-refractivity contribution in [2.24, 2.45) is 0 Å². The van der Waals surface area contributed by atoms with Crippen LogP contribution in [-0.4, -0.2) is 24.9 Å². The molecule has 1 aromatic rings. The smallest absolute Gasteiger partial charge is 0.343 e. The van der Waals surface area contributed by atoms with E-state index >= 15 is 0 Å². The Morgan fingerprint density at radius 1 is 1.19 bits per heavy atom. The van der Waals surface area contributed by atoms with E-state index in [1.807, 2.05) is 0 Å². The van der Waals surface area contributed by atoms with Crippen LogP contribution in [0.15, 0.2) is 23.9 Å². The molecule has 7 heteroatoms. The van der Waals surface area contributed by atoms with Crippen molar-refractivity contribution in [3.05, 3.63) is 46.9 Å². The molecule has 21 heavy (non-hydrogen) atoms. The molecule has 1 aliphatic carbocycles. The van der Waals surface area contributed by atoms with E-state index in [0.29, 0.717) is 6.07 Å². The van der Waals surface area contributed by atoms with Crippen molar-refractivity contribution in [2.75, 3.05) is 7.11 Å². The summed E-state index contributed by atoms with van der Waals surface area (Å²) in [5.41, 5.74) is -1.21. The van der Waals surface area contributed by atoms with Gasteiger partial charge >= 0.3 is 5.97 Å². The fourth-order valence-electron chi connectivity index (χ4n) is 1.62. The van der Waals surface area contributed by atoms with Crippen LogP contribution in [0.2, 0.25) is 0 Å². The molecule has 0 saturated heterocycles. The molecule has 2 rings (SSSR count). The second kappa shape index (κ2) is 5.99. The van der Waals surface area contributed by atoms with Crippen molar-refractivity contribution in [1.82, 2.24) is 5.32 Å². The molecule has 1 aliphatic rings. The van der Waals surface area contributed by atoms with Crippen molar-refractivity contribution in [3.8, 4) is 0 Å². The van der Waals surface area contributed by atoms with Gasteiger partial charge in [0.25, 0.3) is 0 Å². The molecule has 112 valence electrons. The average Bonchev–Trinajstić information content (AvgIpc) is 3.26. The number of methoxy groups -OCH3 is 1. The van der Waals surface area contributed by atoms with Gasteiger partial charge in [-0.25, -0.2) is 18.0 Å². The number of carbonyl (C=O) groups excluding carboxylic acids is 2. The van der Waals surface area contributed by atoms with E-state index in [0.717, 1.165) is 26.2 Å².